The number of ether oxygens (including phenoxy) is 1. The van der Waals surface area contributed by atoms with Gasteiger partial charge in [0.2, 0.25) is 0 Å². The Labute approximate surface area is 159 Å². The maximum atomic E-state index is 9.64. The van der Waals surface area contributed by atoms with Gasteiger partial charge in [-0.05, 0) is 19.1 Å². The van der Waals surface area contributed by atoms with Crippen LogP contribution < -0.4 is 5.73 Å². The molecular formula is C17H18ClN5O2S. The first-order chi connectivity index (χ1) is 12.6. The zero-order valence-corrected chi connectivity index (χ0v) is 15.6. The van der Waals surface area contributed by atoms with Gasteiger partial charge in [0.15, 0.2) is 17.7 Å². The fourth-order valence-electron chi connectivity index (χ4n) is 3.02. The number of aliphatic hydroxyl groups excluding tert-OH is 1. The molecule has 3 aromatic rings. The summed E-state index contributed by atoms with van der Waals surface area (Å²) < 4.78 is 7.85. The summed E-state index contributed by atoms with van der Waals surface area (Å²) in [5.74, 6) is 0.315. The van der Waals surface area contributed by atoms with Gasteiger partial charge in [-0.2, -0.15) is 0 Å². The number of fused-ring (bicyclic) bond motifs is 1. The molecule has 0 saturated carbocycles. The van der Waals surface area contributed by atoms with Crippen molar-refractivity contribution >= 4 is 40.3 Å². The lowest BCUT2D eigenvalue weighted by atomic mass is 10.2. The quantitative estimate of drug-likeness (QED) is 0.658. The number of thioether (sulfide) groups is 1. The Hall–Kier alpha value is -1.87. The van der Waals surface area contributed by atoms with Gasteiger partial charge < -0.3 is 15.6 Å². The Morgan fingerprint density at radius 1 is 1.27 bits per heavy atom. The number of anilines is 1. The molecule has 0 aliphatic carbocycles. The minimum Gasteiger partial charge on any atom is -0.394 e. The minimum absolute atomic E-state index is 0.134. The maximum Gasteiger partial charge on any atom is 0.167 e. The van der Waals surface area contributed by atoms with Crippen molar-refractivity contribution in [2.75, 3.05) is 12.3 Å². The van der Waals surface area contributed by atoms with Crippen LogP contribution in [0.15, 0.2) is 41.8 Å². The molecule has 4 atom stereocenters. The van der Waals surface area contributed by atoms with Crippen LogP contribution in [-0.2, 0) is 4.74 Å². The Kier molecular flexibility index (Phi) is 4.74. The molecule has 9 heteroatoms. The van der Waals surface area contributed by atoms with E-state index in [1.807, 2.05) is 11.5 Å². The van der Waals surface area contributed by atoms with Gasteiger partial charge in [-0.1, -0.05) is 17.7 Å². The zero-order valence-electron chi connectivity index (χ0n) is 14.0. The normalized spacial score (nSPS) is 25.8. The molecule has 1 saturated heterocycles. The van der Waals surface area contributed by atoms with Crippen molar-refractivity contribution in [3.05, 3.63) is 42.5 Å². The van der Waals surface area contributed by atoms with E-state index >= 15 is 0 Å². The van der Waals surface area contributed by atoms with E-state index in [1.54, 1.807) is 18.1 Å². The van der Waals surface area contributed by atoms with Gasteiger partial charge in [0.25, 0.3) is 0 Å². The fourth-order valence-corrected chi connectivity index (χ4v) is 4.66. The van der Waals surface area contributed by atoms with Gasteiger partial charge >= 0.3 is 0 Å². The molecule has 2 aromatic heterocycles. The number of aliphatic hydroxyl groups is 1. The molecule has 1 aliphatic rings. The van der Waals surface area contributed by atoms with Crippen LogP contribution in [0.2, 0.25) is 0 Å². The Morgan fingerprint density at radius 2 is 2.04 bits per heavy atom. The van der Waals surface area contributed by atoms with E-state index in [4.69, 9.17) is 22.1 Å². The molecule has 3 N–H and O–H groups in total. The number of alkyl halides is 1. The number of aryl methyl sites for hydroxylation is 1. The first kappa shape index (κ1) is 17.5. The molecule has 1 aliphatic heterocycles. The molecule has 136 valence electrons. The lowest BCUT2D eigenvalue weighted by molar-refractivity contribution is -0.0189. The molecular weight excluding hydrogens is 374 g/mol. The Morgan fingerprint density at radius 3 is 2.77 bits per heavy atom. The third kappa shape index (κ3) is 3.03. The van der Waals surface area contributed by atoms with E-state index in [2.05, 4.69) is 39.2 Å². The molecule has 0 amide bonds. The Balaban J connectivity index is 1.71. The van der Waals surface area contributed by atoms with Crippen molar-refractivity contribution in [2.45, 2.75) is 34.8 Å². The third-order valence-electron chi connectivity index (χ3n) is 4.40. The van der Waals surface area contributed by atoms with E-state index in [-0.39, 0.29) is 17.2 Å². The number of nitrogens with zero attached hydrogens (tertiary/aromatic N) is 4. The number of aromatic nitrogens is 4. The molecule has 4 rings (SSSR count). The summed E-state index contributed by atoms with van der Waals surface area (Å²) in [5.41, 5.74) is 8.18. The Bertz CT molecular complexity index is 919. The summed E-state index contributed by atoms with van der Waals surface area (Å²) >= 11 is 8.24. The smallest absolute Gasteiger partial charge is 0.167 e. The highest BCUT2D eigenvalue weighted by molar-refractivity contribution is 8.00. The van der Waals surface area contributed by atoms with Crippen molar-refractivity contribution in [3.8, 4) is 0 Å². The predicted octanol–water partition coefficient (Wildman–Crippen LogP) is 2.37. The van der Waals surface area contributed by atoms with E-state index in [9.17, 15) is 5.11 Å². The molecule has 0 bridgehead atoms. The molecule has 26 heavy (non-hydrogen) atoms. The van der Waals surface area contributed by atoms with Crippen LogP contribution in [0.1, 0.15) is 11.8 Å². The van der Waals surface area contributed by atoms with Gasteiger partial charge in [0, 0.05) is 4.90 Å². The monoisotopic (exact) mass is 391 g/mol. The molecule has 1 fully saturated rings. The average Bonchev–Trinajstić information content (AvgIpc) is 3.20. The second-order valence-electron chi connectivity index (χ2n) is 6.17. The lowest BCUT2D eigenvalue weighted by Gasteiger charge is -2.21. The first-order valence-electron chi connectivity index (χ1n) is 8.15. The summed E-state index contributed by atoms with van der Waals surface area (Å²) in [5, 5.41) is 9.14. The van der Waals surface area contributed by atoms with Crippen LogP contribution in [0.25, 0.3) is 11.2 Å². The van der Waals surface area contributed by atoms with E-state index < -0.39 is 12.3 Å². The van der Waals surface area contributed by atoms with Crippen molar-refractivity contribution < 1.29 is 9.84 Å². The number of nitrogen functional groups attached to an aromatic ring is 1. The molecule has 0 unspecified atom stereocenters. The van der Waals surface area contributed by atoms with E-state index in [0.717, 1.165) is 4.90 Å². The number of halogens is 1. The van der Waals surface area contributed by atoms with Crippen molar-refractivity contribution in [1.29, 1.82) is 0 Å². The van der Waals surface area contributed by atoms with Crippen LogP contribution in [-0.4, -0.2) is 48.0 Å². The second-order valence-corrected chi connectivity index (χ2v) is 7.93. The van der Waals surface area contributed by atoms with Gasteiger partial charge in [0.05, 0.1) is 23.6 Å². The van der Waals surface area contributed by atoms with Crippen molar-refractivity contribution in [3.63, 3.8) is 0 Å². The molecule has 0 spiro atoms. The number of benzene rings is 1. The van der Waals surface area contributed by atoms with Crippen LogP contribution in [0.4, 0.5) is 5.82 Å². The highest BCUT2D eigenvalue weighted by Crippen LogP contribution is 2.44. The molecule has 7 nitrogen and oxygen atoms in total. The zero-order chi connectivity index (χ0) is 18.3. The second kappa shape index (κ2) is 7.03. The van der Waals surface area contributed by atoms with Crippen LogP contribution in [0, 0.1) is 6.92 Å². The minimum atomic E-state index is -0.471. The lowest BCUT2D eigenvalue weighted by Crippen LogP contribution is -2.26. The number of hydrogen-bond acceptors (Lipinski definition) is 7. The van der Waals surface area contributed by atoms with Crippen LogP contribution in [0.5, 0.6) is 0 Å². The number of hydrogen-bond donors (Lipinski definition) is 2. The average molecular weight is 392 g/mol. The van der Waals surface area contributed by atoms with Crippen molar-refractivity contribution in [2.24, 2.45) is 0 Å². The van der Waals surface area contributed by atoms with Crippen molar-refractivity contribution in [1.82, 2.24) is 19.5 Å². The van der Waals surface area contributed by atoms with Gasteiger partial charge in [-0.15, -0.1) is 23.4 Å². The highest BCUT2D eigenvalue weighted by Gasteiger charge is 2.45. The largest absolute Gasteiger partial charge is 0.394 e. The third-order valence-corrected chi connectivity index (χ3v) is 6.44. The predicted molar refractivity (Wildman–Crippen MR) is 101 cm³/mol. The molecule has 1 aromatic carbocycles. The maximum absolute atomic E-state index is 9.64. The molecule has 0 radical (unpaired) electrons. The highest BCUT2D eigenvalue weighted by atomic mass is 35.5. The number of nitrogens with two attached hydrogens (primary N) is 1. The summed E-state index contributed by atoms with van der Waals surface area (Å²) in [7, 11) is 0. The fraction of sp³-hybridized carbons (Fsp3) is 0.353. The van der Waals surface area contributed by atoms with Crippen LogP contribution >= 0.6 is 23.4 Å². The standard InChI is InChI=1S/C17H18ClN5O2S/c1-9-2-4-10(5-3-9)26-14-12(18)11(6-24)25-17(14)23-8-22-13-15(19)20-7-21-16(13)23/h2-5,7-8,11-12,14,17,24H,6H2,1H3,(H2,19,20,21)/t11-,12+,14-,17-/m1/s1. The number of imidazole rings is 1. The van der Waals surface area contributed by atoms with Crippen LogP contribution in [0.3, 0.4) is 0 Å². The first-order valence-corrected chi connectivity index (χ1v) is 9.47. The summed E-state index contributed by atoms with van der Waals surface area (Å²) in [6.45, 7) is 1.89. The SMILES string of the molecule is Cc1ccc(S[C@@H]2[C@@H](Cl)[C@@H](CO)O[C@H]2n2cnc3c(N)ncnc32)cc1. The van der Waals surface area contributed by atoms with E-state index in [1.165, 1.54) is 11.9 Å². The van der Waals surface area contributed by atoms with E-state index in [0.29, 0.717) is 17.0 Å². The summed E-state index contributed by atoms with van der Waals surface area (Å²) in [6, 6.07) is 8.22. The van der Waals surface area contributed by atoms with Gasteiger partial charge in [-0.3, -0.25) is 4.57 Å². The summed E-state index contributed by atoms with van der Waals surface area (Å²) in [4.78, 5) is 13.6. The van der Waals surface area contributed by atoms with Gasteiger partial charge in [0.1, 0.15) is 17.9 Å². The summed E-state index contributed by atoms with van der Waals surface area (Å²) in [6.07, 6.45) is 2.13. The molecule has 3 heterocycles. The number of rotatable bonds is 4. The topological polar surface area (TPSA) is 99.1 Å². The van der Waals surface area contributed by atoms with Gasteiger partial charge in [-0.25, -0.2) is 15.0 Å².